The molecule has 2 aliphatic heterocycles. The summed E-state index contributed by atoms with van der Waals surface area (Å²) in [4.78, 5) is 0. The minimum absolute atomic E-state index is 0.0738. The molecule has 0 amide bonds. The van der Waals surface area contributed by atoms with E-state index in [-0.39, 0.29) is 11.4 Å². The van der Waals surface area contributed by atoms with Gasteiger partial charge >= 0.3 is 0 Å². The molecule has 1 spiro atoms. The summed E-state index contributed by atoms with van der Waals surface area (Å²) in [6.07, 6.45) is 4.35. The molecule has 0 aromatic heterocycles. The fourth-order valence-corrected chi connectivity index (χ4v) is 4.40. The van der Waals surface area contributed by atoms with Gasteiger partial charge in [-0.05, 0) is 61.8 Å². The lowest BCUT2D eigenvalue weighted by atomic mass is 9.85. The minimum Gasteiger partial charge on any atom is -0.382 e. The van der Waals surface area contributed by atoms with E-state index in [9.17, 15) is 4.39 Å². The number of hydrogen-bond acceptors (Lipinski definition) is 3. The van der Waals surface area contributed by atoms with E-state index in [1.54, 1.807) is 13.0 Å². The van der Waals surface area contributed by atoms with E-state index < -0.39 is 0 Å². The highest BCUT2D eigenvalue weighted by Crippen LogP contribution is 2.38. The van der Waals surface area contributed by atoms with Gasteiger partial charge in [-0.15, -0.1) is 0 Å². The van der Waals surface area contributed by atoms with Gasteiger partial charge in [0.2, 0.25) is 0 Å². The van der Waals surface area contributed by atoms with Crippen molar-refractivity contribution >= 4 is 17.4 Å². The molecule has 0 radical (unpaired) electrons. The Labute approximate surface area is 124 Å². The van der Waals surface area contributed by atoms with Crippen molar-refractivity contribution in [2.24, 2.45) is 0 Å². The summed E-state index contributed by atoms with van der Waals surface area (Å²) in [5, 5.41) is 3.49. The fourth-order valence-electron chi connectivity index (χ4n) is 3.16. The molecule has 2 nitrogen and oxygen atoms in total. The first-order valence-electron chi connectivity index (χ1n) is 7.41. The van der Waals surface area contributed by atoms with Crippen LogP contribution in [0.4, 0.5) is 10.1 Å². The molecule has 2 fully saturated rings. The molecular formula is C16H22FNOS. The van der Waals surface area contributed by atoms with Crippen LogP contribution in [0.3, 0.4) is 0 Å². The normalized spacial score (nSPS) is 25.6. The van der Waals surface area contributed by atoms with E-state index in [1.807, 2.05) is 23.9 Å². The Morgan fingerprint density at radius 3 is 2.90 bits per heavy atom. The van der Waals surface area contributed by atoms with E-state index in [4.69, 9.17) is 4.74 Å². The molecule has 0 aliphatic carbocycles. The van der Waals surface area contributed by atoms with Crippen LogP contribution in [-0.4, -0.2) is 29.8 Å². The highest BCUT2D eigenvalue weighted by atomic mass is 32.2. The van der Waals surface area contributed by atoms with Crippen molar-refractivity contribution in [3.63, 3.8) is 0 Å². The van der Waals surface area contributed by atoms with Crippen LogP contribution in [0.2, 0.25) is 0 Å². The molecule has 2 saturated heterocycles. The maximum atomic E-state index is 13.6. The maximum Gasteiger partial charge on any atom is 0.128 e. The molecule has 20 heavy (non-hydrogen) atoms. The molecule has 1 atom stereocenters. The Hall–Kier alpha value is -0.740. The molecular weight excluding hydrogens is 273 g/mol. The smallest absolute Gasteiger partial charge is 0.128 e. The molecule has 1 aromatic rings. The topological polar surface area (TPSA) is 21.3 Å². The molecule has 4 heteroatoms. The number of aryl methyl sites for hydroxylation is 1. The number of rotatable bonds is 2. The number of thioether (sulfide) groups is 1. The first-order chi connectivity index (χ1) is 9.67. The Bertz CT molecular complexity index is 468. The number of ether oxygens (including phenoxy) is 1. The zero-order valence-electron chi connectivity index (χ0n) is 12.0. The van der Waals surface area contributed by atoms with Crippen molar-refractivity contribution in [3.05, 3.63) is 29.6 Å². The summed E-state index contributed by atoms with van der Waals surface area (Å²) >= 11 is 2.02. The minimum atomic E-state index is -0.133. The van der Waals surface area contributed by atoms with Gasteiger partial charge in [0.1, 0.15) is 5.82 Å². The largest absolute Gasteiger partial charge is 0.382 e. The fraction of sp³-hybridized carbons (Fsp3) is 0.625. The molecule has 2 heterocycles. The molecule has 1 N–H and O–H groups in total. The van der Waals surface area contributed by atoms with Gasteiger partial charge in [-0.1, -0.05) is 6.07 Å². The first kappa shape index (κ1) is 14.2. The first-order valence-corrected chi connectivity index (χ1v) is 8.57. The molecule has 1 aromatic carbocycles. The Morgan fingerprint density at radius 1 is 1.35 bits per heavy atom. The molecule has 3 rings (SSSR count). The number of nitrogens with one attached hydrogen (secondary N) is 1. The summed E-state index contributed by atoms with van der Waals surface area (Å²) in [6.45, 7) is 2.61. The van der Waals surface area contributed by atoms with Gasteiger partial charge in [0.15, 0.2) is 0 Å². The van der Waals surface area contributed by atoms with Crippen LogP contribution in [0.25, 0.3) is 0 Å². The zero-order chi connectivity index (χ0) is 14.0. The second-order valence-electron chi connectivity index (χ2n) is 5.94. The summed E-state index contributed by atoms with van der Waals surface area (Å²) < 4.78 is 19.7. The summed E-state index contributed by atoms with van der Waals surface area (Å²) in [6, 6.07) is 5.81. The van der Waals surface area contributed by atoms with Crippen LogP contribution in [0.5, 0.6) is 0 Å². The summed E-state index contributed by atoms with van der Waals surface area (Å²) in [5.41, 5.74) is 1.66. The lowest BCUT2D eigenvalue weighted by molar-refractivity contribution is -0.0865. The van der Waals surface area contributed by atoms with Gasteiger partial charge in [-0.25, -0.2) is 4.39 Å². The van der Waals surface area contributed by atoms with Crippen molar-refractivity contribution in [3.8, 4) is 0 Å². The van der Waals surface area contributed by atoms with Crippen LogP contribution in [0.1, 0.15) is 31.2 Å². The number of halogens is 1. The average Bonchev–Trinajstić information content (AvgIpc) is 2.44. The van der Waals surface area contributed by atoms with E-state index in [1.165, 1.54) is 11.5 Å². The molecule has 110 valence electrons. The number of anilines is 1. The van der Waals surface area contributed by atoms with Crippen LogP contribution in [0.15, 0.2) is 18.2 Å². The monoisotopic (exact) mass is 295 g/mol. The maximum absolute atomic E-state index is 13.6. The van der Waals surface area contributed by atoms with Gasteiger partial charge in [-0.2, -0.15) is 11.8 Å². The standard InChI is InChI=1S/C16H22FNOS/c1-12-2-3-13(10-15(12)17)18-14-4-7-19-16(11-14)5-8-20-9-6-16/h2-3,10,14,18H,4-9,11H2,1H3. The van der Waals surface area contributed by atoms with E-state index in [0.717, 1.165) is 38.0 Å². The summed E-state index contributed by atoms with van der Waals surface area (Å²) in [5.74, 6) is 2.27. The van der Waals surface area contributed by atoms with Crippen molar-refractivity contribution in [1.29, 1.82) is 0 Å². The van der Waals surface area contributed by atoms with Gasteiger partial charge in [-0.3, -0.25) is 0 Å². The Balaban J connectivity index is 1.66. The molecule has 1 unspecified atom stereocenters. The van der Waals surface area contributed by atoms with Crippen molar-refractivity contribution in [1.82, 2.24) is 0 Å². The third kappa shape index (κ3) is 3.12. The predicted octanol–water partition coefficient (Wildman–Crippen LogP) is 3.99. The predicted molar refractivity (Wildman–Crippen MR) is 83.0 cm³/mol. The second kappa shape index (κ2) is 5.94. The highest BCUT2D eigenvalue weighted by Gasteiger charge is 2.38. The lowest BCUT2D eigenvalue weighted by Gasteiger charge is -2.43. The van der Waals surface area contributed by atoms with Gasteiger partial charge in [0.05, 0.1) is 5.60 Å². The van der Waals surface area contributed by atoms with Crippen LogP contribution in [0, 0.1) is 12.7 Å². The van der Waals surface area contributed by atoms with Crippen LogP contribution in [-0.2, 0) is 4.74 Å². The van der Waals surface area contributed by atoms with Crippen LogP contribution < -0.4 is 5.32 Å². The van der Waals surface area contributed by atoms with Crippen molar-refractivity contribution in [2.75, 3.05) is 23.4 Å². The van der Waals surface area contributed by atoms with Gasteiger partial charge in [0.25, 0.3) is 0 Å². The number of hydrogen-bond donors (Lipinski definition) is 1. The average molecular weight is 295 g/mol. The van der Waals surface area contributed by atoms with Crippen molar-refractivity contribution in [2.45, 2.75) is 44.2 Å². The van der Waals surface area contributed by atoms with Gasteiger partial charge in [0, 0.05) is 18.3 Å². The Kier molecular flexibility index (Phi) is 4.22. The molecule has 0 bridgehead atoms. The second-order valence-corrected chi connectivity index (χ2v) is 7.17. The molecule has 2 aliphatic rings. The lowest BCUT2D eigenvalue weighted by Crippen LogP contribution is -2.46. The quantitative estimate of drug-likeness (QED) is 0.891. The number of benzene rings is 1. The van der Waals surface area contributed by atoms with Crippen molar-refractivity contribution < 1.29 is 9.13 Å². The SMILES string of the molecule is Cc1ccc(NC2CCOC3(CCSCC3)C2)cc1F. The summed E-state index contributed by atoms with van der Waals surface area (Å²) in [7, 11) is 0. The third-order valence-electron chi connectivity index (χ3n) is 4.44. The van der Waals surface area contributed by atoms with Crippen LogP contribution >= 0.6 is 11.8 Å². The Morgan fingerprint density at radius 2 is 2.15 bits per heavy atom. The van der Waals surface area contributed by atoms with E-state index in [0.29, 0.717) is 11.6 Å². The third-order valence-corrected chi connectivity index (χ3v) is 5.43. The molecule has 0 saturated carbocycles. The van der Waals surface area contributed by atoms with E-state index in [2.05, 4.69) is 5.32 Å². The van der Waals surface area contributed by atoms with Gasteiger partial charge < -0.3 is 10.1 Å². The highest BCUT2D eigenvalue weighted by molar-refractivity contribution is 7.99. The zero-order valence-corrected chi connectivity index (χ0v) is 12.8. The van der Waals surface area contributed by atoms with E-state index >= 15 is 0 Å².